The van der Waals surface area contributed by atoms with Gasteiger partial charge in [-0.2, -0.15) is 0 Å². The molecule has 1 saturated heterocycles. The number of hydrogen-bond donors (Lipinski definition) is 1. The number of methoxy groups -OCH3 is 1. The van der Waals surface area contributed by atoms with Gasteiger partial charge < -0.3 is 15.0 Å². The lowest BCUT2D eigenvalue weighted by Gasteiger charge is -2.34. The number of rotatable bonds is 7. The number of piperazine rings is 1. The quantitative estimate of drug-likeness (QED) is 0.606. The third-order valence-electron chi connectivity index (χ3n) is 6.23. The summed E-state index contributed by atoms with van der Waals surface area (Å²) in [7, 11) is 1.62. The lowest BCUT2D eigenvalue weighted by atomic mass is 10.0. The molecule has 0 radical (unpaired) electrons. The molecule has 0 aromatic heterocycles. The lowest BCUT2D eigenvalue weighted by molar-refractivity contribution is -0.132. The molecule has 1 unspecified atom stereocenters. The Morgan fingerprint density at radius 1 is 0.939 bits per heavy atom. The minimum Gasteiger partial charge on any atom is -0.497 e. The summed E-state index contributed by atoms with van der Waals surface area (Å²) in [6.45, 7) is 5.02. The van der Waals surface area contributed by atoms with Crippen LogP contribution in [0.1, 0.15) is 24.1 Å². The maximum Gasteiger partial charge on any atom is 0.234 e. The number of fused-ring (bicyclic) bond motifs is 1. The van der Waals surface area contributed by atoms with E-state index in [9.17, 15) is 9.59 Å². The highest BCUT2D eigenvalue weighted by atomic mass is 16.5. The van der Waals surface area contributed by atoms with Crippen LogP contribution in [0.5, 0.6) is 5.75 Å². The molecular weight excluding hydrogens is 414 g/mol. The zero-order chi connectivity index (χ0) is 23.2. The second-order valence-corrected chi connectivity index (χ2v) is 8.58. The van der Waals surface area contributed by atoms with Crippen LogP contribution in [0.4, 0.5) is 0 Å². The normalized spacial score (nSPS) is 15.3. The summed E-state index contributed by atoms with van der Waals surface area (Å²) in [5.41, 5.74) is 2.04. The van der Waals surface area contributed by atoms with Crippen molar-refractivity contribution >= 4 is 22.6 Å². The zero-order valence-corrected chi connectivity index (χ0v) is 19.3. The Hall–Kier alpha value is -3.38. The van der Waals surface area contributed by atoms with Crippen LogP contribution in [0, 0.1) is 0 Å². The summed E-state index contributed by atoms with van der Waals surface area (Å²) in [5.74, 6) is 0.873. The highest BCUT2D eigenvalue weighted by molar-refractivity contribution is 5.84. The van der Waals surface area contributed by atoms with Crippen LogP contribution in [0.3, 0.4) is 0 Å². The van der Waals surface area contributed by atoms with Crippen molar-refractivity contribution in [2.75, 3.05) is 39.8 Å². The Balaban J connectivity index is 1.24. The summed E-state index contributed by atoms with van der Waals surface area (Å²) < 4.78 is 5.24. The number of hydrogen-bond acceptors (Lipinski definition) is 4. The van der Waals surface area contributed by atoms with Crippen LogP contribution in [-0.4, -0.2) is 61.4 Å². The molecule has 3 aromatic rings. The van der Waals surface area contributed by atoms with Gasteiger partial charge in [-0.15, -0.1) is 0 Å². The van der Waals surface area contributed by atoms with Gasteiger partial charge in [0.1, 0.15) is 5.75 Å². The number of amides is 2. The fraction of sp³-hybridized carbons (Fsp3) is 0.333. The van der Waals surface area contributed by atoms with Crippen molar-refractivity contribution in [3.8, 4) is 5.75 Å². The van der Waals surface area contributed by atoms with Crippen molar-refractivity contribution in [3.63, 3.8) is 0 Å². The van der Waals surface area contributed by atoms with Crippen molar-refractivity contribution < 1.29 is 14.3 Å². The Labute approximate surface area is 195 Å². The van der Waals surface area contributed by atoms with Gasteiger partial charge in [-0.25, -0.2) is 0 Å². The van der Waals surface area contributed by atoms with E-state index < -0.39 is 0 Å². The van der Waals surface area contributed by atoms with E-state index in [-0.39, 0.29) is 17.9 Å². The molecule has 1 atom stereocenters. The van der Waals surface area contributed by atoms with E-state index >= 15 is 0 Å². The zero-order valence-electron chi connectivity index (χ0n) is 19.3. The number of benzene rings is 3. The molecule has 1 N–H and O–H groups in total. The molecule has 4 rings (SSSR count). The molecule has 172 valence electrons. The van der Waals surface area contributed by atoms with Crippen molar-refractivity contribution in [1.29, 1.82) is 0 Å². The predicted molar refractivity (Wildman–Crippen MR) is 130 cm³/mol. The first-order valence-corrected chi connectivity index (χ1v) is 11.4. The molecule has 6 nitrogen and oxygen atoms in total. The molecule has 0 spiro atoms. The SMILES string of the molecule is COc1cccc(CC(=O)N2CCN(CC(=O)NC(C)c3ccc4ccccc4c3)CC2)c1. The Morgan fingerprint density at radius 3 is 2.45 bits per heavy atom. The van der Waals surface area contributed by atoms with Gasteiger partial charge in [-0.05, 0) is 47.0 Å². The van der Waals surface area contributed by atoms with Crippen molar-refractivity contribution in [1.82, 2.24) is 15.1 Å². The number of nitrogens with one attached hydrogen (secondary N) is 1. The monoisotopic (exact) mass is 445 g/mol. The topological polar surface area (TPSA) is 61.9 Å². The summed E-state index contributed by atoms with van der Waals surface area (Å²) >= 11 is 0. The van der Waals surface area contributed by atoms with Gasteiger partial charge in [0.15, 0.2) is 0 Å². The predicted octanol–water partition coefficient (Wildman–Crippen LogP) is 3.41. The van der Waals surface area contributed by atoms with E-state index in [2.05, 4.69) is 40.5 Å². The van der Waals surface area contributed by atoms with Gasteiger partial charge in [0.2, 0.25) is 11.8 Å². The van der Waals surface area contributed by atoms with E-state index in [1.54, 1.807) is 7.11 Å². The number of nitrogens with zero attached hydrogens (tertiary/aromatic N) is 2. The first kappa shape index (κ1) is 22.8. The van der Waals surface area contributed by atoms with Crippen molar-refractivity contribution in [2.45, 2.75) is 19.4 Å². The molecule has 3 aromatic carbocycles. The van der Waals surface area contributed by atoms with Gasteiger partial charge in [0.05, 0.1) is 26.1 Å². The highest BCUT2D eigenvalue weighted by Gasteiger charge is 2.23. The van der Waals surface area contributed by atoms with Gasteiger partial charge >= 0.3 is 0 Å². The Morgan fingerprint density at radius 2 is 1.70 bits per heavy atom. The fourth-order valence-electron chi connectivity index (χ4n) is 4.27. The summed E-state index contributed by atoms with van der Waals surface area (Å²) in [6, 6.07) is 22.1. The third kappa shape index (κ3) is 5.90. The second kappa shape index (κ2) is 10.5. The fourth-order valence-corrected chi connectivity index (χ4v) is 4.27. The first-order valence-electron chi connectivity index (χ1n) is 11.4. The smallest absolute Gasteiger partial charge is 0.234 e. The van der Waals surface area contributed by atoms with Gasteiger partial charge in [-0.1, -0.05) is 48.5 Å². The number of carbonyl (C=O) groups excluding carboxylic acids is 2. The summed E-state index contributed by atoms with van der Waals surface area (Å²) in [5, 5.41) is 5.48. The molecular formula is C27H31N3O3. The standard InChI is InChI=1S/C27H31N3O3/c1-20(23-11-10-22-7-3-4-8-24(22)18-23)28-26(31)19-29-12-14-30(15-13-29)27(32)17-21-6-5-9-25(16-21)33-2/h3-11,16,18,20H,12-15,17,19H2,1-2H3,(H,28,31). The maximum absolute atomic E-state index is 12.7. The Bertz CT molecular complexity index is 1120. The molecule has 1 heterocycles. The average Bonchev–Trinajstić information content (AvgIpc) is 2.84. The van der Waals surface area contributed by atoms with Crippen LogP contribution < -0.4 is 10.1 Å². The molecule has 2 amide bonds. The van der Waals surface area contributed by atoms with E-state index in [4.69, 9.17) is 4.74 Å². The molecule has 0 aliphatic carbocycles. The maximum atomic E-state index is 12.7. The molecule has 0 bridgehead atoms. The van der Waals surface area contributed by atoms with Gasteiger partial charge in [-0.3, -0.25) is 14.5 Å². The van der Waals surface area contributed by atoms with Gasteiger partial charge in [0, 0.05) is 26.2 Å². The summed E-state index contributed by atoms with van der Waals surface area (Å²) in [4.78, 5) is 29.3. The second-order valence-electron chi connectivity index (χ2n) is 8.58. The lowest BCUT2D eigenvalue weighted by Crippen LogP contribution is -2.51. The van der Waals surface area contributed by atoms with Crippen LogP contribution in [0.25, 0.3) is 10.8 Å². The van der Waals surface area contributed by atoms with Crippen molar-refractivity contribution in [2.24, 2.45) is 0 Å². The van der Waals surface area contributed by atoms with Crippen molar-refractivity contribution in [3.05, 3.63) is 77.9 Å². The molecule has 33 heavy (non-hydrogen) atoms. The molecule has 1 aliphatic rings. The van der Waals surface area contributed by atoms with Crippen LogP contribution >= 0.6 is 0 Å². The van der Waals surface area contributed by atoms with Gasteiger partial charge in [0.25, 0.3) is 0 Å². The average molecular weight is 446 g/mol. The van der Waals surface area contributed by atoms with E-state index in [0.717, 1.165) is 16.9 Å². The molecule has 1 aliphatic heterocycles. The number of carbonyl (C=O) groups is 2. The highest BCUT2D eigenvalue weighted by Crippen LogP contribution is 2.20. The molecule has 6 heteroatoms. The molecule has 1 fully saturated rings. The van der Waals surface area contributed by atoms with E-state index in [0.29, 0.717) is 39.1 Å². The molecule has 0 saturated carbocycles. The summed E-state index contributed by atoms with van der Waals surface area (Å²) in [6.07, 6.45) is 0.362. The first-order chi connectivity index (χ1) is 16.0. The minimum atomic E-state index is -0.0622. The Kier molecular flexibility index (Phi) is 7.25. The largest absolute Gasteiger partial charge is 0.497 e. The van der Waals surface area contributed by atoms with E-state index in [1.807, 2.05) is 48.2 Å². The van der Waals surface area contributed by atoms with Crippen LogP contribution in [-0.2, 0) is 16.0 Å². The number of ether oxygens (including phenoxy) is 1. The van der Waals surface area contributed by atoms with E-state index in [1.165, 1.54) is 10.8 Å². The van der Waals surface area contributed by atoms with Crippen LogP contribution in [0.2, 0.25) is 0 Å². The third-order valence-corrected chi connectivity index (χ3v) is 6.23. The van der Waals surface area contributed by atoms with Crippen LogP contribution in [0.15, 0.2) is 66.7 Å². The minimum absolute atomic E-state index is 0.00631.